The van der Waals surface area contributed by atoms with Crippen LogP contribution in [-0.2, 0) is 4.79 Å². The Morgan fingerprint density at radius 3 is 2.64 bits per heavy atom. The van der Waals surface area contributed by atoms with Gasteiger partial charge in [0.1, 0.15) is 0 Å². The third-order valence-corrected chi connectivity index (χ3v) is 4.15. The van der Waals surface area contributed by atoms with E-state index in [2.05, 4.69) is 16.0 Å². The molecule has 1 fully saturated rings. The minimum Gasteiger partial charge on any atom is -0.348 e. The molecule has 3 N–H and O–H groups in total. The molecule has 0 aromatic heterocycles. The van der Waals surface area contributed by atoms with Gasteiger partial charge in [0, 0.05) is 24.7 Å². The Kier molecular flexibility index (Phi) is 8.19. The number of piperidine rings is 1. The molecule has 0 spiro atoms. The second-order valence-corrected chi connectivity index (χ2v) is 7.90. The summed E-state index contributed by atoms with van der Waals surface area (Å²) < 4.78 is 0. The van der Waals surface area contributed by atoms with Gasteiger partial charge in [0.25, 0.3) is 5.91 Å². The zero-order valence-corrected chi connectivity index (χ0v) is 16.5. The minimum absolute atomic E-state index is 0. The molecular weight excluding hydrogens is 361 g/mol. The number of hydrogen-bond donors (Lipinski definition) is 3. The van der Waals surface area contributed by atoms with Crippen molar-refractivity contribution in [1.82, 2.24) is 10.6 Å². The Morgan fingerprint density at radius 1 is 1.32 bits per heavy atom. The molecule has 0 unspecified atom stereocenters. The fourth-order valence-electron chi connectivity index (χ4n) is 2.70. The summed E-state index contributed by atoms with van der Waals surface area (Å²) in [4.78, 5) is 24.5. The third-order valence-electron chi connectivity index (χ3n) is 3.82. The second-order valence-electron chi connectivity index (χ2n) is 7.50. The topological polar surface area (TPSA) is 70.2 Å². The van der Waals surface area contributed by atoms with E-state index in [9.17, 15) is 9.59 Å². The molecular formula is C18H27Cl2N3O2. The van der Waals surface area contributed by atoms with Crippen molar-refractivity contribution < 1.29 is 9.59 Å². The average molecular weight is 388 g/mol. The molecule has 1 atom stereocenters. The number of halogens is 2. The standard InChI is InChI=1S/C18H26ClN3O2.ClH/c1-18(2,3)10-16(23)21-12-6-7-15(19)14(9-12)17(24)22-13-5-4-8-20-11-13;/h6-7,9,13,20H,4-5,8,10-11H2,1-3H3,(H,21,23)(H,22,24);1H/t13-;/m0./s1. The lowest BCUT2D eigenvalue weighted by molar-refractivity contribution is -0.117. The maximum Gasteiger partial charge on any atom is 0.253 e. The van der Waals surface area contributed by atoms with Gasteiger partial charge in [-0.1, -0.05) is 32.4 Å². The molecule has 2 amide bonds. The quantitative estimate of drug-likeness (QED) is 0.738. The van der Waals surface area contributed by atoms with Gasteiger partial charge in [0.05, 0.1) is 10.6 Å². The number of hydrogen-bond acceptors (Lipinski definition) is 3. The van der Waals surface area contributed by atoms with Gasteiger partial charge >= 0.3 is 0 Å². The number of benzene rings is 1. The van der Waals surface area contributed by atoms with Crippen molar-refractivity contribution in [3.63, 3.8) is 0 Å². The SMILES string of the molecule is CC(C)(C)CC(=O)Nc1ccc(Cl)c(C(=O)N[C@H]2CCCNC2)c1.Cl. The predicted molar refractivity (Wildman–Crippen MR) is 105 cm³/mol. The molecule has 1 aromatic rings. The highest BCUT2D eigenvalue weighted by Gasteiger charge is 2.20. The summed E-state index contributed by atoms with van der Waals surface area (Å²) in [7, 11) is 0. The van der Waals surface area contributed by atoms with Crippen LogP contribution in [0.25, 0.3) is 0 Å². The smallest absolute Gasteiger partial charge is 0.253 e. The number of nitrogens with one attached hydrogen (secondary N) is 3. The van der Waals surface area contributed by atoms with Crippen molar-refractivity contribution in [3.8, 4) is 0 Å². The minimum atomic E-state index is -0.208. The van der Waals surface area contributed by atoms with E-state index in [1.807, 2.05) is 20.8 Å². The summed E-state index contributed by atoms with van der Waals surface area (Å²) in [6, 6.07) is 5.10. The summed E-state index contributed by atoms with van der Waals surface area (Å²) in [5.41, 5.74) is 0.876. The maximum atomic E-state index is 12.5. The van der Waals surface area contributed by atoms with Crippen LogP contribution in [0, 0.1) is 5.41 Å². The molecule has 2 rings (SSSR count). The molecule has 1 aromatic carbocycles. The zero-order valence-electron chi connectivity index (χ0n) is 14.9. The Bertz CT molecular complexity index is 609. The fraction of sp³-hybridized carbons (Fsp3) is 0.556. The van der Waals surface area contributed by atoms with Crippen LogP contribution in [0.4, 0.5) is 5.69 Å². The van der Waals surface area contributed by atoms with Crippen LogP contribution >= 0.6 is 24.0 Å². The first-order valence-electron chi connectivity index (χ1n) is 8.35. The van der Waals surface area contributed by atoms with Crippen molar-refractivity contribution in [1.29, 1.82) is 0 Å². The van der Waals surface area contributed by atoms with E-state index >= 15 is 0 Å². The number of carbonyl (C=O) groups excluding carboxylic acids is 2. The molecule has 0 aliphatic carbocycles. The van der Waals surface area contributed by atoms with E-state index in [-0.39, 0.29) is 35.7 Å². The van der Waals surface area contributed by atoms with Gasteiger partial charge in [-0.05, 0) is 43.0 Å². The average Bonchev–Trinajstić information content (AvgIpc) is 2.48. The van der Waals surface area contributed by atoms with E-state index in [0.717, 1.165) is 25.9 Å². The normalized spacial score (nSPS) is 17.4. The fourth-order valence-corrected chi connectivity index (χ4v) is 2.91. The van der Waals surface area contributed by atoms with Gasteiger partial charge in [0.15, 0.2) is 0 Å². The van der Waals surface area contributed by atoms with Gasteiger partial charge < -0.3 is 16.0 Å². The van der Waals surface area contributed by atoms with Crippen LogP contribution in [0.3, 0.4) is 0 Å². The van der Waals surface area contributed by atoms with Gasteiger partial charge in [-0.25, -0.2) is 0 Å². The van der Waals surface area contributed by atoms with Crippen LogP contribution in [0.5, 0.6) is 0 Å². The predicted octanol–water partition coefficient (Wildman–Crippen LogP) is 3.62. The number of rotatable bonds is 4. The van der Waals surface area contributed by atoms with Gasteiger partial charge in [-0.15, -0.1) is 12.4 Å². The van der Waals surface area contributed by atoms with E-state index in [4.69, 9.17) is 11.6 Å². The Labute approximate surface area is 160 Å². The number of anilines is 1. The summed E-state index contributed by atoms with van der Waals surface area (Å²) in [6.45, 7) is 7.77. The second kappa shape index (κ2) is 9.41. The summed E-state index contributed by atoms with van der Waals surface area (Å²) >= 11 is 6.16. The largest absolute Gasteiger partial charge is 0.348 e. The van der Waals surface area contributed by atoms with Crippen LogP contribution < -0.4 is 16.0 Å². The Morgan fingerprint density at radius 2 is 2.04 bits per heavy atom. The van der Waals surface area contributed by atoms with Crippen LogP contribution in [0.2, 0.25) is 5.02 Å². The first-order valence-corrected chi connectivity index (χ1v) is 8.73. The lowest BCUT2D eigenvalue weighted by Crippen LogP contribution is -2.45. The molecule has 7 heteroatoms. The van der Waals surface area contributed by atoms with Crippen LogP contribution in [0.1, 0.15) is 50.4 Å². The van der Waals surface area contributed by atoms with E-state index in [0.29, 0.717) is 22.7 Å². The summed E-state index contributed by atoms with van der Waals surface area (Å²) in [6.07, 6.45) is 2.41. The monoisotopic (exact) mass is 387 g/mol. The number of carbonyl (C=O) groups is 2. The van der Waals surface area contributed by atoms with Crippen molar-refractivity contribution >= 4 is 41.5 Å². The lowest BCUT2D eigenvalue weighted by atomic mass is 9.92. The molecule has 0 bridgehead atoms. The van der Waals surface area contributed by atoms with Gasteiger partial charge in [0.2, 0.25) is 5.91 Å². The highest BCUT2D eigenvalue weighted by molar-refractivity contribution is 6.34. The van der Waals surface area contributed by atoms with Gasteiger partial charge in [-0.3, -0.25) is 9.59 Å². The third kappa shape index (κ3) is 7.22. The van der Waals surface area contributed by atoms with E-state index < -0.39 is 0 Å². The highest BCUT2D eigenvalue weighted by atomic mass is 35.5. The molecule has 5 nitrogen and oxygen atoms in total. The van der Waals surface area contributed by atoms with Gasteiger partial charge in [-0.2, -0.15) is 0 Å². The van der Waals surface area contributed by atoms with E-state index in [1.54, 1.807) is 18.2 Å². The molecule has 25 heavy (non-hydrogen) atoms. The van der Waals surface area contributed by atoms with Crippen molar-refractivity contribution in [2.75, 3.05) is 18.4 Å². The van der Waals surface area contributed by atoms with Crippen molar-refractivity contribution in [3.05, 3.63) is 28.8 Å². The maximum absolute atomic E-state index is 12.5. The molecule has 1 heterocycles. The lowest BCUT2D eigenvalue weighted by Gasteiger charge is -2.24. The Balaban J connectivity index is 0.00000312. The number of amides is 2. The molecule has 140 valence electrons. The summed E-state index contributed by atoms with van der Waals surface area (Å²) in [5, 5.41) is 9.47. The van der Waals surface area contributed by atoms with Crippen LogP contribution in [-0.4, -0.2) is 30.9 Å². The van der Waals surface area contributed by atoms with Crippen LogP contribution in [0.15, 0.2) is 18.2 Å². The molecule has 0 saturated carbocycles. The van der Waals surface area contributed by atoms with E-state index in [1.165, 1.54) is 0 Å². The first-order chi connectivity index (χ1) is 11.2. The Hall–Kier alpha value is -1.30. The first kappa shape index (κ1) is 21.7. The zero-order chi connectivity index (χ0) is 17.7. The molecule has 1 saturated heterocycles. The molecule has 0 radical (unpaired) electrons. The van der Waals surface area contributed by atoms with Crippen molar-refractivity contribution in [2.24, 2.45) is 5.41 Å². The molecule has 1 aliphatic heterocycles. The van der Waals surface area contributed by atoms with Crippen molar-refractivity contribution in [2.45, 2.75) is 46.1 Å². The summed E-state index contributed by atoms with van der Waals surface area (Å²) in [5.74, 6) is -0.284. The molecule has 1 aliphatic rings. The highest BCUT2D eigenvalue weighted by Crippen LogP contribution is 2.23.